The van der Waals surface area contributed by atoms with Crippen LogP contribution in [0.4, 0.5) is 4.39 Å². The SMILES string of the molecule is CCOC[C@@]1(CCc2cc(Cl)c(F)s2)CCN(C(C)(C)c2ccc(C)nc2)C1.O=C(O)CC(O)(CC(=O)O)C(=O)O. The molecule has 0 aromatic carbocycles. The zero-order valence-electron chi connectivity index (χ0n) is 23.7. The largest absolute Gasteiger partial charge is 0.481 e. The molecule has 0 saturated carbocycles. The highest BCUT2D eigenvalue weighted by molar-refractivity contribution is 7.10. The standard InChI is InChI=1S/C22H30ClFN2OS.C6H8O7/c1-5-27-15-22(9-8-18-12-19(23)20(24)28-18)10-11-26(14-22)21(3,4)17-7-6-16(2)25-13-17;7-3(8)1-6(13,5(11)12)2-4(9)10/h6-7,12-13H,5,8-11,14-15H2,1-4H3;13H,1-2H2,(H,7,8)(H,9,10)(H,11,12)/t22-;/m0./s1. The topological polar surface area (TPSA) is 157 Å². The van der Waals surface area contributed by atoms with Crippen LogP contribution < -0.4 is 0 Å². The van der Waals surface area contributed by atoms with Crippen molar-refractivity contribution in [2.75, 3.05) is 26.3 Å². The van der Waals surface area contributed by atoms with Crippen LogP contribution in [0.15, 0.2) is 24.4 Å². The van der Waals surface area contributed by atoms with Gasteiger partial charge in [0.25, 0.3) is 0 Å². The molecule has 0 spiro atoms. The molecule has 228 valence electrons. The number of ether oxygens (including phenoxy) is 1. The summed E-state index contributed by atoms with van der Waals surface area (Å²) in [6.07, 6.45) is 2.60. The Balaban J connectivity index is 0.000000383. The fourth-order valence-electron chi connectivity index (χ4n) is 4.75. The van der Waals surface area contributed by atoms with Gasteiger partial charge in [-0.05, 0) is 71.2 Å². The molecule has 2 aromatic heterocycles. The fourth-order valence-corrected chi connectivity index (χ4v) is 5.83. The van der Waals surface area contributed by atoms with Crippen molar-refractivity contribution in [1.82, 2.24) is 9.88 Å². The number of carbonyl (C=O) groups is 3. The van der Waals surface area contributed by atoms with E-state index in [0.717, 1.165) is 60.9 Å². The Morgan fingerprint density at radius 1 is 1.20 bits per heavy atom. The number of hydrogen-bond acceptors (Lipinski definition) is 8. The summed E-state index contributed by atoms with van der Waals surface area (Å²) >= 11 is 7.07. The summed E-state index contributed by atoms with van der Waals surface area (Å²) in [5.74, 6) is -5.02. The minimum atomic E-state index is -2.74. The summed E-state index contributed by atoms with van der Waals surface area (Å²) in [7, 11) is 0. The first-order valence-corrected chi connectivity index (χ1v) is 14.3. The minimum Gasteiger partial charge on any atom is -0.481 e. The number of likely N-dealkylation sites (tertiary alicyclic amines) is 1. The molecule has 1 fully saturated rings. The van der Waals surface area contributed by atoms with Gasteiger partial charge in [-0.25, -0.2) is 4.79 Å². The molecule has 1 saturated heterocycles. The summed E-state index contributed by atoms with van der Waals surface area (Å²) in [6.45, 7) is 12.0. The van der Waals surface area contributed by atoms with Crippen molar-refractivity contribution in [2.24, 2.45) is 5.41 Å². The molecule has 41 heavy (non-hydrogen) atoms. The van der Waals surface area contributed by atoms with E-state index in [1.54, 1.807) is 6.07 Å². The molecule has 0 bridgehead atoms. The Labute approximate surface area is 247 Å². The van der Waals surface area contributed by atoms with Crippen LogP contribution in [0, 0.1) is 17.5 Å². The van der Waals surface area contributed by atoms with Crippen LogP contribution in [0.25, 0.3) is 0 Å². The first-order valence-electron chi connectivity index (χ1n) is 13.1. The Bertz CT molecular complexity index is 1170. The molecule has 10 nitrogen and oxygen atoms in total. The van der Waals surface area contributed by atoms with Gasteiger partial charge in [-0.3, -0.25) is 19.5 Å². The molecular weight excluding hydrogens is 579 g/mol. The zero-order valence-corrected chi connectivity index (χ0v) is 25.2. The van der Waals surface area contributed by atoms with E-state index in [4.69, 9.17) is 36.8 Å². The zero-order chi connectivity index (χ0) is 31.0. The maximum atomic E-state index is 13.6. The van der Waals surface area contributed by atoms with Crippen LogP contribution in [0.1, 0.15) is 62.6 Å². The van der Waals surface area contributed by atoms with Crippen molar-refractivity contribution in [2.45, 2.75) is 70.9 Å². The van der Waals surface area contributed by atoms with Gasteiger partial charge in [0, 0.05) is 40.9 Å². The van der Waals surface area contributed by atoms with Crippen molar-refractivity contribution < 1.29 is 43.9 Å². The van der Waals surface area contributed by atoms with Crippen LogP contribution in [-0.4, -0.2) is 80.1 Å². The first-order chi connectivity index (χ1) is 19.0. The summed E-state index contributed by atoms with van der Waals surface area (Å²) < 4.78 is 19.5. The monoisotopic (exact) mass is 616 g/mol. The Hall–Kier alpha value is -2.64. The summed E-state index contributed by atoms with van der Waals surface area (Å²) in [6, 6.07) is 6.03. The second kappa shape index (κ2) is 14.5. The van der Waals surface area contributed by atoms with Crippen LogP contribution in [0.3, 0.4) is 0 Å². The quantitative estimate of drug-likeness (QED) is 0.251. The van der Waals surface area contributed by atoms with E-state index in [0.29, 0.717) is 6.61 Å². The van der Waals surface area contributed by atoms with E-state index in [9.17, 15) is 18.8 Å². The number of aryl methyl sites for hydroxylation is 2. The molecule has 0 unspecified atom stereocenters. The number of halogens is 2. The highest BCUT2D eigenvalue weighted by atomic mass is 35.5. The van der Waals surface area contributed by atoms with Crippen LogP contribution in [0.2, 0.25) is 5.02 Å². The van der Waals surface area contributed by atoms with Gasteiger partial charge in [-0.15, -0.1) is 11.3 Å². The van der Waals surface area contributed by atoms with Crippen molar-refractivity contribution in [1.29, 1.82) is 0 Å². The third-order valence-electron chi connectivity index (χ3n) is 7.34. The maximum absolute atomic E-state index is 13.6. The molecular formula is C28H38ClFN2O8S. The molecule has 1 aliphatic heterocycles. The summed E-state index contributed by atoms with van der Waals surface area (Å²) in [4.78, 5) is 38.5. The average molecular weight is 617 g/mol. The second-order valence-corrected chi connectivity index (χ2v) is 12.4. The number of aromatic nitrogens is 1. The van der Waals surface area contributed by atoms with Crippen molar-refractivity contribution in [3.63, 3.8) is 0 Å². The highest BCUT2D eigenvalue weighted by Crippen LogP contribution is 2.42. The lowest BCUT2D eigenvalue weighted by Crippen LogP contribution is -2.42. The first kappa shape index (κ1) is 34.6. The number of aliphatic hydroxyl groups is 1. The van der Waals surface area contributed by atoms with Crippen LogP contribution in [0.5, 0.6) is 0 Å². The predicted molar refractivity (Wildman–Crippen MR) is 152 cm³/mol. The summed E-state index contributed by atoms with van der Waals surface area (Å²) in [5, 5.41) is 33.8. The minimum absolute atomic E-state index is 0.0817. The van der Waals surface area contributed by atoms with Gasteiger partial charge in [0.05, 0.1) is 24.5 Å². The number of pyridine rings is 1. The number of nitrogens with zero attached hydrogens (tertiary/aromatic N) is 2. The van der Waals surface area contributed by atoms with E-state index in [2.05, 4.69) is 35.9 Å². The molecule has 3 heterocycles. The number of aliphatic carboxylic acids is 3. The predicted octanol–water partition coefficient (Wildman–Crippen LogP) is 4.59. The Kier molecular flexibility index (Phi) is 12.2. The smallest absolute Gasteiger partial charge is 0.336 e. The van der Waals surface area contributed by atoms with E-state index in [1.807, 2.05) is 20.0 Å². The Morgan fingerprint density at radius 3 is 2.29 bits per heavy atom. The van der Waals surface area contributed by atoms with Crippen LogP contribution in [-0.2, 0) is 31.1 Å². The molecule has 1 atom stereocenters. The van der Waals surface area contributed by atoms with Gasteiger partial charge < -0.3 is 25.2 Å². The van der Waals surface area contributed by atoms with Crippen LogP contribution >= 0.6 is 22.9 Å². The van der Waals surface area contributed by atoms with Crippen molar-refractivity contribution >= 4 is 40.8 Å². The molecule has 3 rings (SSSR count). The van der Waals surface area contributed by atoms with Gasteiger partial charge in [-0.2, -0.15) is 4.39 Å². The molecule has 4 N–H and O–H groups in total. The molecule has 0 aliphatic carbocycles. The lowest BCUT2D eigenvalue weighted by atomic mass is 9.82. The van der Waals surface area contributed by atoms with E-state index >= 15 is 0 Å². The molecule has 0 amide bonds. The number of thiophene rings is 1. The second-order valence-electron chi connectivity index (χ2n) is 10.9. The van der Waals surface area contributed by atoms with Gasteiger partial charge in [0.1, 0.15) is 0 Å². The van der Waals surface area contributed by atoms with E-state index in [1.165, 1.54) is 5.56 Å². The highest BCUT2D eigenvalue weighted by Gasteiger charge is 2.44. The normalized spacial score (nSPS) is 17.6. The van der Waals surface area contributed by atoms with Crippen molar-refractivity contribution in [3.8, 4) is 0 Å². The third-order valence-corrected chi connectivity index (χ3v) is 8.71. The third kappa shape index (κ3) is 9.71. The maximum Gasteiger partial charge on any atom is 0.336 e. The number of hydrogen-bond donors (Lipinski definition) is 4. The average Bonchev–Trinajstić information content (AvgIpc) is 3.45. The van der Waals surface area contributed by atoms with Gasteiger partial charge in [-0.1, -0.05) is 17.7 Å². The lowest BCUT2D eigenvalue weighted by Gasteiger charge is -2.38. The Morgan fingerprint density at radius 2 is 1.83 bits per heavy atom. The molecule has 2 aromatic rings. The van der Waals surface area contributed by atoms with E-state index in [-0.39, 0.29) is 21.1 Å². The molecule has 1 aliphatic rings. The van der Waals surface area contributed by atoms with E-state index < -0.39 is 36.4 Å². The van der Waals surface area contributed by atoms with Crippen molar-refractivity contribution in [3.05, 3.63) is 50.7 Å². The number of carboxylic acid groups (broad SMARTS) is 3. The van der Waals surface area contributed by atoms with Gasteiger partial charge >= 0.3 is 17.9 Å². The summed E-state index contributed by atoms with van der Waals surface area (Å²) in [5.41, 5.74) is -0.478. The lowest BCUT2D eigenvalue weighted by molar-refractivity contribution is -0.170. The molecule has 0 radical (unpaired) electrons. The number of carboxylic acids is 3. The molecule has 13 heteroatoms. The fraction of sp³-hybridized carbons (Fsp3) is 0.571. The van der Waals surface area contributed by atoms with Gasteiger partial charge in [0.2, 0.25) is 0 Å². The number of rotatable bonds is 13. The van der Waals surface area contributed by atoms with Gasteiger partial charge in [0.15, 0.2) is 10.7 Å².